The number of nitrogens with zero attached hydrogens (tertiary/aromatic N) is 3. The van der Waals surface area contributed by atoms with Gasteiger partial charge in [0.1, 0.15) is 6.33 Å². The highest BCUT2D eigenvalue weighted by molar-refractivity contribution is 7.13. The van der Waals surface area contributed by atoms with E-state index in [1.807, 2.05) is 11.4 Å². The highest BCUT2D eigenvalue weighted by Crippen LogP contribution is 2.16. The van der Waals surface area contributed by atoms with Crippen LogP contribution in [0.1, 0.15) is 18.3 Å². The SMILES string of the molecule is CCOC(=O)Cc1csc(NCc2ccncn2)n1. The fraction of sp³-hybridized carbons (Fsp3) is 0.333. The van der Waals surface area contributed by atoms with Crippen molar-refractivity contribution in [2.75, 3.05) is 11.9 Å². The Morgan fingerprint density at radius 3 is 3.11 bits per heavy atom. The molecule has 0 spiro atoms. The molecule has 0 fully saturated rings. The van der Waals surface area contributed by atoms with Gasteiger partial charge in [0, 0.05) is 11.6 Å². The van der Waals surface area contributed by atoms with Crippen molar-refractivity contribution in [3.05, 3.63) is 35.4 Å². The summed E-state index contributed by atoms with van der Waals surface area (Å²) < 4.78 is 4.87. The Kier molecular flexibility index (Phi) is 4.79. The van der Waals surface area contributed by atoms with E-state index in [0.717, 1.165) is 10.8 Å². The van der Waals surface area contributed by atoms with Crippen molar-refractivity contribution in [3.63, 3.8) is 0 Å². The van der Waals surface area contributed by atoms with Gasteiger partial charge in [0.25, 0.3) is 0 Å². The highest BCUT2D eigenvalue weighted by Gasteiger charge is 2.08. The van der Waals surface area contributed by atoms with Gasteiger partial charge in [-0.25, -0.2) is 15.0 Å². The van der Waals surface area contributed by atoms with Gasteiger partial charge in [0.2, 0.25) is 0 Å². The van der Waals surface area contributed by atoms with Crippen LogP contribution in [0.15, 0.2) is 24.0 Å². The van der Waals surface area contributed by atoms with E-state index in [-0.39, 0.29) is 12.4 Å². The lowest BCUT2D eigenvalue weighted by Gasteiger charge is -2.01. The van der Waals surface area contributed by atoms with E-state index in [2.05, 4.69) is 20.3 Å². The fourth-order valence-electron chi connectivity index (χ4n) is 1.42. The van der Waals surface area contributed by atoms with Crippen LogP contribution in [-0.2, 0) is 22.5 Å². The molecule has 2 heterocycles. The number of esters is 1. The second-order valence-corrected chi connectivity index (χ2v) is 4.54. The standard InChI is InChI=1S/C12H14N4O2S/c1-2-18-11(17)5-10-7-19-12(16-10)14-6-9-3-4-13-8-15-9/h3-4,7-8H,2,5-6H2,1H3,(H,14,16). The van der Waals surface area contributed by atoms with Gasteiger partial charge in [-0.05, 0) is 13.0 Å². The molecule has 0 atom stereocenters. The minimum Gasteiger partial charge on any atom is -0.466 e. The molecule has 1 N–H and O–H groups in total. The number of rotatable bonds is 6. The molecule has 2 rings (SSSR count). The first kappa shape index (κ1) is 13.4. The van der Waals surface area contributed by atoms with E-state index in [1.54, 1.807) is 13.1 Å². The molecule has 0 unspecified atom stereocenters. The molecule has 100 valence electrons. The first-order valence-electron chi connectivity index (χ1n) is 5.86. The molecule has 7 heteroatoms. The lowest BCUT2D eigenvalue weighted by Crippen LogP contribution is -2.08. The zero-order chi connectivity index (χ0) is 13.5. The highest BCUT2D eigenvalue weighted by atomic mass is 32.1. The van der Waals surface area contributed by atoms with E-state index in [1.165, 1.54) is 17.7 Å². The van der Waals surface area contributed by atoms with E-state index >= 15 is 0 Å². The third-order valence-corrected chi connectivity index (χ3v) is 3.10. The topological polar surface area (TPSA) is 77.0 Å². The van der Waals surface area contributed by atoms with Crippen molar-refractivity contribution in [3.8, 4) is 0 Å². The van der Waals surface area contributed by atoms with Crippen LogP contribution in [0.25, 0.3) is 0 Å². The molecule has 0 saturated heterocycles. The minimum absolute atomic E-state index is 0.208. The van der Waals surface area contributed by atoms with Gasteiger partial charge in [-0.2, -0.15) is 0 Å². The van der Waals surface area contributed by atoms with Crippen molar-refractivity contribution < 1.29 is 9.53 Å². The Hall–Kier alpha value is -2.02. The summed E-state index contributed by atoms with van der Waals surface area (Å²) in [5, 5.41) is 5.76. The second-order valence-electron chi connectivity index (χ2n) is 3.68. The fourth-order valence-corrected chi connectivity index (χ4v) is 2.13. The molecule has 0 aliphatic heterocycles. The lowest BCUT2D eigenvalue weighted by molar-refractivity contribution is -0.142. The van der Waals surface area contributed by atoms with Crippen molar-refractivity contribution in [1.82, 2.24) is 15.0 Å². The summed E-state index contributed by atoms with van der Waals surface area (Å²) in [6, 6.07) is 1.83. The van der Waals surface area contributed by atoms with Crippen LogP contribution in [0.5, 0.6) is 0 Å². The van der Waals surface area contributed by atoms with Gasteiger partial charge < -0.3 is 10.1 Å². The summed E-state index contributed by atoms with van der Waals surface area (Å²) in [6.45, 7) is 2.75. The van der Waals surface area contributed by atoms with Gasteiger partial charge in [-0.1, -0.05) is 0 Å². The summed E-state index contributed by atoms with van der Waals surface area (Å²) in [5.41, 5.74) is 1.60. The molecular formula is C12H14N4O2S. The third-order valence-electron chi connectivity index (χ3n) is 2.25. The predicted molar refractivity (Wildman–Crippen MR) is 71.8 cm³/mol. The van der Waals surface area contributed by atoms with Crippen LogP contribution in [0.4, 0.5) is 5.13 Å². The number of anilines is 1. The first-order chi connectivity index (χ1) is 9.28. The summed E-state index contributed by atoms with van der Waals surface area (Å²) in [5.74, 6) is -0.254. The number of ether oxygens (including phenoxy) is 1. The molecule has 2 aromatic heterocycles. The Morgan fingerprint density at radius 2 is 2.37 bits per heavy atom. The average molecular weight is 278 g/mol. The van der Waals surface area contributed by atoms with Crippen molar-refractivity contribution in [2.45, 2.75) is 19.9 Å². The van der Waals surface area contributed by atoms with Gasteiger partial charge >= 0.3 is 5.97 Å². The van der Waals surface area contributed by atoms with Crippen LogP contribution in [0.3, 0.4) is 0 Å². The van der Waals surface area contributed by atoms with E-state index < -0.39 is 0 Å². The lowest BCUT2D eigenvalue weighted by atomic mass is 10.3. The number of hydrogen-bond acceptors (Lipinski definition) is 7. The van der Waals surface area contributed by atoms with E-state index in [4.69, 9.17) is 4.74 Å². The first-order valence-corrected chi connectivity index (χ1v) is 6.74. The van der Waals surface area contributed by atoms with Crippen molar-refractivity contribution in [1.29, 1.82) is 0 Å². The number of aromatic nitrogens is 3. The Morgan fingerprint density at radius 1 is 1.47 bits per heavy atom. The molecule has 0 amide bonds. The normalized spacial score (nSPS) is 10.2. The zero-order valence-electron chi connectivity index (χ0n) is 10.5. The Balaban J connectivity index is 1.85. The molecule has 0 saturated carbocycles. The zero-order valence-corrected chi connectivity index (χ0v) is 11.3. The number of carbonyl (C=O) groups excluding carboxylic acids is 1. The largest absolute Gasteiger partial charge is 0.466 e. The van der Waals surface area contributed by atoms with Crippen LogP contribution in [-0.4, -0.2) is 27.5 Å². The molecule has 6 nitrogen and oxygen atoms in total. The predicted octanol–water partition coefficient (Wildman–Crippen LogP) is 1.65. The quantitative estimate of drug-likeness (QED) is 0.810. The van der Waals surface area contributed by atoms with E-state index in [9.17, 15) is 4.79 Å². The summed E-state index contributed by atoms with van der Waals surface area (Å²) in [6.07, 6.45) is 3.41. The number of carbonyl (C=O) groups is 1. The maximum Gasteiger partial charge on any atom is 0.311 e. The second kappa shape index (κ2) is 6.79. The van der Waals surface area contributed by atoms with Crippen molar-refractivity contribution >= 4 is 22.4 Å². The summed E-state index contributed by atoms with van der Waals surface area (Å²) >= 11 is 1.46. The Labute approximate surface area is 114 Å². The molecule has 19 heavy (non-hydrogen) atoms. The molecule has 0 bridgehead atoms. The number of nitrogens with one attached hydrogen (secondary N) is 1. The molecule has 2 aromatic rings. The number of hydrogen-bond donors (Lipinski definition) is 1. The molecule has 0 aliphatic carbocycles. The van der Waals surface area contributed by atoms with E-state index in [0.29, 0.717) is 18.8 Å². The van der Waals surface area contributed by atoms with Crippen LogP contribution < -0.4 is 5.32 Å². The van der Waals surface area contributed by atoms with Crippen molar-refractivity contribution in [2.24, 2.45) is 0 Å². The monoisotopic (exact) mass is 278 g/mol. The van der Waals surface area contributed by atoms with Crippen LogP contribution in [0.2, 0.25) is 0 Å². The third kappa shape index (κ3) is 4.29. The summed E-state index contributed by atoms with van der Waals surface area (Å²) in [4.78, 5) is 23.6. The minimum atomic E-state index is -0.254. The maximum atomic E-state index is 11.3. The smallest absolute Gasteiger partial charge is 0.311 e. The molecule has 0 radical (unpaired) electrons. The maximum absolute atomic E-state index is 11.3. The van der Waals surface area contributed by atoms with Crippen LogP contribution >= 0.6 is 11.3 Å². The van der Waals surface area contributed by atoms with Gasteiger partial charge in [0.15, 0.2) is 5.13 Å². The Bertz CT molecular complexity index is 530. The van der Waals surface area contributed by atoms with Crippen LogP contribution in [0, 0.1) is 0 Å². The molecular weight excluding hydrogens is 264 g/mol. The van der Waals surface area contributed by atoms with Gasteiger partial charge in [-0.15, -0.1) is 11.3 Å². The summed E-state index contributed by atoms with van der Waals surface area (Å²) in [7, 11) is 0. The van der Waals surface area contributed by atoms with Gasteiger partial charge in [-0.3, -0.25) is 4.79 Å². The molecule has 0 aromatic carbocycles. The van der Waals surface area contributed by atoms with Gasteiger partial charge in [0.05, 0.1) is 31.0 Å². The molecule has 0 aliphatic rings. The number of thiazole rings is 1. The average Bonchev–Trinajstić information content (AvgIpc) is 2.85.